The minimum absolute atomic E-state index is 0.236. The number of carbonyl (C=O) groups is 2. The number of hydrazine groups is 1. The summed E-state index contributed by atoms with van der Waals surface area (Å²) in [7, 11) is 0. The van der Waals surface area contributed by atoms with Gasteiger partial charge in [-0.1, -0.05) is 37.3 Å². The number of hydrogen-bond donors (Lipinski definition) is 2. The van der Waals surface area contributed by atoms with Gasteiger partial charge in [-0.2, -0.15) is 0 Å². The maximum atomic E-state index is 12.3. The van der Waals surface area contributed by atoms with E-state index < -0.39 is 0 Å². The highest BCUT2D eigenvalue weighted by Gasteiger charge is 2.20. The lowest BCUT2D eigenvalue weighted by atomic mass is 9.96. The van der Waals surface area contributed by atoms with Gasteiger partial charge in [-0.15, -0.1) is 0 Å². The van der Waals surface area contributed by atoms with Gasteiger partial charge in [0.25, 0.3) is 5.91 Å². The second kappa shape index (κ2) is 6.93. The molecular formula is C17H20N2O3. The van der Waals surface area contributed by atoms with Gasteiger partial charge in [0.2, 0.25) is 5.91 Å². The maximum absolute atomic E-state index is 12.3. The van der Waals surface area contributed by atoms with E-state index in [-0.39, 0.29) is 17.7 Å². The van der Waals surface area contributed by atoms with Crippen LogP contribution in [0, 0.1) is 13.8 Å². The minimum Gasteiger partial charge on any atom is -0.466 e. The highest BCUT2D eigenvalue weighted by molar-refractivity contribution is 5.96. The smallest absolute Gasteiger partial charge is 0.273 e. The predicted octanol–water partition coefficient (Wildman–Crippen LogP) is 2.85. The van der Waals surface area contributed by atoms with Gasteiger partial charge in [0.05, 0.1) is 11.5 Å². The van der Waals surface area contributed by atoms with Gasteiger partial charge in [-0.25, -0.2) is 0 Å². The molecule has 0 fully saturated rings. The van der Waals surface area contributed by atoms with E-state index in [1.807, 2.05) is 37.3 Å². The van der Waals surface area contributed by atoms with Crippen LogP contribution in [0.4, 0.5) is 0 Å². The third kappa shape index (κ3) is 3.55. The van der Waals surface area contributed by atoms with Crippen molar-refractivity contribution in [2.24, 2.45) is 0 Å². The third-order valence-corrected chi connectivity index (χ3v) is 3.51. The number of amides is 2. The summed E-state index contributed by atoms with van der Waals surface area (Å²) in [5.74, 6) is 0.267. The van der Waals surface area contributed by atoms with E-state index in [1.54, 1.807) is 19.9 Å². The molecular weight excluding hydrogens is 280 g/mol. The largest absolute Gasteiger partial charge is 0.466 e. The first-order valence-corrected chi connectivity index (χ1v) is 7.25. The van der Waals surface area contributed by atoms with Crippen LogP contribution >= 0.6 is 0 Å². The Kier molecular flexibility index (Phi) is 4.99. The van der Waals surface area contributed by atoms with Gasteiger partial charge in [0.1, 0.15) is 11.5 Å². The standard InChI is InChI=1S/C17H20N2O3/c1-4-14(13-8-6-5-7-9-13)16(20)18-19-17(21)15-10-11(2)22-12(15)3/h5-10,14H,4H2,1-3H3,(H,18,20)(H,19,21). The molecule has 2 rings (SSSR count). The number of aryl methyl sites for hydroxylation is 2. The summed E-state index contributed by atoms with van der Waals surface area (Å²) in [5.41, 5.74) is 6.27. The summed E-state index contributed by atoms with van der Waals surface area (Å²) in [6.07, 6.45) is 0.648. The lowest BCUT2D eigenvalue weighted by Gasteiger charge is -2.15. The number of hydrogen-bond acceptors (Lipinski definition) is 3. The molecule has 1 unspecified atom stereocenters. The van der Waals surface area contributed by atoms with E-state index >= 15 is 0 Å². The molecule has 5 heteroatoms. The molecule has 1 aromatic heterocycles. The Labute approximate surface area is 129 Å². The van der Waals surface area contributed by atoms with Crippen LogP contribution in [-0.4, -0.2) is 11.8 Å². The molecule has 0 saturated carbocycles. The lowest BCUT2D eigenvalue weighted by Crippen LogP contribution is -2.44. The van der Waals surface area contributed by atoms with Gasteiger partial charge in [0, 0.05) is 0 Å². The molecule has 1 heterocycles. The zero-order valence-electron chi connectivity index (χ0n) is 13.0. The van der Waals surface area contributed by atoms with Crippen LogP contribution in [0.1, 0.15) is 46.7 Å². The van der Waals surface area contributed by atoms with Crippen LogP contribution in [0.25, 0.3) is 0 Å². The number of rotatable bonds is 4. The molecule has 0 aliphatic carbocycles. The Hall–Kier alpha value is -2.56. The molecule has 0 saturated heterocycles. The first-order chi connectivity index (χ1) is 10.5. The van der Waals surface area contributed by atoms with Crippen LogP contribution in [0.15, 0.2) is 40.8 Å². The Morgan fingerprint density at radius 2 is 1.82 bits per heavy atom. The van der Waals surface area contributed by atoms with Crippen LogP contribution in [0.5, 0.6) is 0 Å². The molecule has 0 aliphatic rings. The molecule has 5 nitrogen and oxygen atoms in total. The normalized spacial score (nSPS) is 11.8. The van der Waals surface area contributed by atoms with Crippen molar-refractivity contribution in [1.82, 2.24) is 10.9 Å². The number of benzene rings is 1. The molecule has 1 atom stereocenters. The van der Waals surface area contributed by atoms with E-state index in [0.29, 0.717) is 23.5 Å². The second-order valence-corrected chi connectivity index (χ2v) is 5.14. The molecule has 0 spiro atoms. The first-order valence-electron chi connectivity index (χ1n) is 7.25. The van der Waals surface area contributed by atoms with Crippen molar-refractivity contribution < 1.29 is 14.0 Å². The van der Waals surface area contributed by atoms with Gasteiger partial charge in [-0.3, -0.25) is 20.4 Å². The molecule has 1 aromatic carbocycles. The van der Waals surface area contributed by atoms with Gasteiger partial charge in [0.15, 0.2) is 0 Å². The number of carbonyl (C=O) groups excluding carboxylic acids is 2. The third-order valence-electron chi connectivity index (χ3n) is 3.51. The summed E-state index contributed by atoms with van der Waals surface area (Å²) < 4.78 is 5.31. The Balaban J connectivity index is 2.00. The van der Waals surface area contributed by atoms with Crippen LogP contribution in [0.2, 0.25) is 0 Å². The average Bonchev–Trinajstić information content (AvgIpc) is 2.85. The quantitative estimate of drug-likeness (QED) is 0.853. The van der Waals surface area contributed by atoms with Crippen molar-refractivity contribution >= 4 is 11.8 Å². The second-order valence-electron chi connectivity index (χ2n) is 5.14. The van der Waals surface area contributed by atoms with E-state index in [9.17, 15) is 9.59 Å². The summed E-state index contributed by atoms with van der Waals surface area (Å²) in [5, 5.41) is 0. The van der Waals surface area contributed by atoms with E-state index in [2.05, 4.69) is 10.9 Å². The highest BCUT2D eigenvalue weighted by Crippen LogP contribution is 2.19. The van der Waals surface area contributed by atoms with E-state index in [1.165, 1.54) is 0 Å². The fourth-order valence-electron chi connectivity index (χ4n) is 2.39. The van der Waals surface area contributed by atoms with E-state index in [0.717, 1.165) is 5.56 Å². The highest BCUT2D eigenvalue weighted by atomic mass is 16.3. The van der Waals surface area contributed by atoms with Crippen LogP contribution in [0.3, 0.4) is 0 Å². The summed E-state index contributed by atoms with van der Waals surface area (Å²) in [6, 6.07) is 11.1. The van der Waals surface area contributed by atoms with Crippen molar-refractivity contribution in [3.8, 4) is 0 Å². The van der Waals surface area contributed by atoms with Crippen molar-refractivity contribution in [3.05, 3.63) is 59.0 Å². The number of nitrogens with one attached hydrogen (secondary N) is 2. The Morgan fingerprint density at radius 1 is 1.14 bits per heavy atom. The lowest BCUT2D eigenvalue weighted by molar-refractivity contribution is -0.123. The summed E-state index contributed by atoms with van der Waals surface area (Å²) in [6.45, 7) is 5.41. The minimum atomic E-state index is -0.384. The molecule has 116 valence electrons. The predicted molar refractivity (Wildman–Crippen MR) is 83.3 cm³/mol. The van der Waals surface area contributed by atoms with Gasteiger partial charge >= 0.3 is 0 Å². The fourth-order valence-corrected chi connectivity index (χ4v) is 2.39. The fraction of sp³-hybridized carbons (Fsp3) is 0.294. The van der Waals surface area contributed by atoms with Crippen molar-refractivity contribution in [2.45, 2.75) is 33.1 Å². The maximum Gasteiger partial charge on any atom is 0.273 e. The Bertz CT molecular complexity index is 662. The zero-order valence-corrected chi connectivity index (χ0v) is 13.0. The van der Waals surface area contributed by atoms with Gasteiger partial charge in [-0.05, 0) is 31.9 Å². The first kappa shape index (κ1) is 15.8. The topological polar surface area (TPSA) is 71.3 Å². The van der Waals surface area contributed by atoms with Crippen LogP contribution in [-0.2, 0) is 4.79 Å². The average molecular weight is 300 g/mol. The molecule has 0 bridgehead atoms. The summed E-state index contributed by atoms with van der Waals surface area (Å²) in [4.78, 5) is 24.3. The molecule has 0 aliphatic heterocycles. The van der Waals surface area contributed by atoms with Crippen LogP contribution < -0.4 is 10.9 Å². The monoisotopic (exact) mass is 300 g/mol. The number of furan rings is 1. The van der Waals surface area contributed by atoms with Gasteiger partial charge < -0.3 is 4.42 Å². The van der Waals surface area contributed by atoms with Crippen molar-refractivity contribution in [3.63, 3.8) is 0 Å². The molecule has 0 radical (unpaired) electrons. The zero-order chi connectivity index (χ0) is 16.1. The molecule has 2 aromatic rings. The molecule has 2 N–H and O–H groups in total. The van der Waals surface area contributed by atoms with Crippen molar-refractivity contribution in [1.29, 1.82) is 0 Å². The molecule has 2 amide bonds. The molecule has 22 heavy (non-hydrogen) atoms. The Morgan fingerprint density at radius 3 is 2.36 bits per heavy atom. The SMILES string of the molecule is CCC(C(=O)NNC(=O)c1cc(C)oc1C)c1ccccc1. The van der Waals surface area contributed by atoms with E-state index in [4.69, 9.17) is 4.42 Å². The summed E-state index contributed by atoms with van der Waals surface area (Å²) >= 11 is 0. The van der Waals surface area contributed by atoms with Crippen molar-refractivity contribution in [2.75, 3.05) is 0 Å².